The topological polar surface area (TPSA) is 36.3 Å². The van der Waals surface area contributed by atoms with Crippen LogP contribution < -0.4 is 4.90 Å². The zero-order valence-corrected chi connectivity index (χ0v) is 10.4. The summed E-state index contributed by atoms with van der Waals surface area (Å²) in [5, 5.41) is 8.85. The van der Waals surface area contributed by atoms with Gasteiger partial charge in [-0.3, -0.25) is 0 Å². The summed E-state index contributed by atoms with van der Waals surface area (Å²) in [4.78, 5) is 2.38. The molecule has 0 unspecified atom stereocenters. The summed E-state index contributed by atoms with van der Waals surface area (Å²) < 4.78 is 5.37. The molecule has 17 heavy (non-hydrogen) atoms. The summed E-state index contributed by atoms with van der Waals surface area (Å²) in [6, 6.07) is 8.08. The third-order valence-corrected chi connectivity index (χ3v) is 3.44. The molecule has 1 aliphatic rings. The summed E-state index contributed by atoms with van der Waals surface area (Å²) in [6.07, 6.45) is 2.57. The van der Waals surface area contributed by atoms with Crippen LogP contribution in [0.5, 0.6) is 0 Å². The Labute approximate surface area is 103 Å². The molecule has 3 nitrogen and oxygen atoms in total. The summed E-state index contributed by atoms with van der Waals surface area (Å²) in [5.41, 5.74) is 3.16. The van der Waals surface area contributed by atoms with Gasteiger partial charge in [0, 0.05) is 25.9 Å². The summed E-state index contributed by atoms with van der Waals surface area (Å²) in [5.74, 6) is 0. The molecule has 0 atom stereocenters. The summed E-state index contributed by atoms with van der Waals surface area (Å²) in [7, 11) is 1.79. The van der Waals surface area contributed by atoms with Crippen LogP contribution in [-0.4, -0.2) is 26.3 Å². The van der Waals surface area contributed by atoms with Crippen molar-refractivity contribution in [2.45, 2.75) is 25.9 Å². The Morgan fingerprint density at radius 1 is 1.35 bits per heavy atom. The van der Waals surface area contributed by atoms with E-state index >= 15 is 0 Å². The lowest BCUT2D eigenvalue weighted by atomic mass is 10.0. The molecule has 1 aliphatic heterocycles. The maximum atomic E-state index is 8.85. The van der Waals surface area contributed by atoms with Gasteiger partial charge < -0.3 is 9.64 Å². The van der Waals surface area contributed by atoms with Gasteiger partial charge in [0.15, 0.2) is 0 Å². The molecule has 0 bridgehead atoms. The van der Waals surface area contributed by atoms with Crippen molar-refractivity contribution < 1.29 is 4.74 Å². The monoisotopic (exact) mass is 230 g/mol. The first-order valence-electron chi connectivity index (χ1n) is 6.03. The van der Waals surface area contributed by atoms with Gasteiger partial charge >= 0.3 is 0 Å². The normalized spacial score (nSPS) is 16.9. The molecule has 0 amide bonds. The number of nitrogens with zero attached hydrogens (tertiary/aromatic N) is 2. The number of hydrogen-bond donors (Lipinski definition) is 0. The number of rotatable bonds is 2. The molecule has 0 N–H and O–H groups in total. The first-order chi connectivity index (χ1) is 8.24. The van der Waals surface area contributed by atoms with Crippen LogP contribution in [0.25, 0.3) is 0 Å². The van der Waals surface area contributed by atoms with Crippen molar-refractivity contribution in [1.29, 1.82) is 5.26 Å². The van der Waals surface area contributed by atoms with Crippen LogP contribution in [0.1, 0.15) is 24.0 Å². The van der Waals surface area contributed by atoms with Crippen molar-refractivity contribution in [2.24, 2.45) is 0 Å². The molecule has 0 spiro atoms. The molecular weight excluding hydrogens is 212 g/mol. The van der Waals surface area contributed by atoms with Crippen molar-refractivity contribution >= 4 is 5.69 Å². The first-order valence-corrected chi connectivity index (χ1v) is 6.03. The molecule has 0 saturated carbocycles. The Balaban J connectivity index is 2.11. The smallest absolute Gasteiger partial charge is 0.0991 e. The van der Waals surface area contributed by atoms with Gasteiger partial charge in [-0.2, -0.15) is 5.26 Å². The molecule has 1 saturated heterocycles. The lowest BCUT2D eigenvalue weighted by Gasteiger charge is -2.33. The largest absolute Gasteiger partial charge is 0.381 e. The van der Waals surface area contributed by atoms with E-state index in [2.05, 4.69) is 24.0 Å². The lowest BCUT2D eigenvalue weighted by Crippen LogP contribution is -2.36. The van der Waals surface area contributed by atoms with Gasteiger partial charge in [0.25, 0.3) is 0 Å². The van der Waals surface area contributed by atoms with Gasteiger partial charge in [0.05, 0.1) is 17.7 Å². The highest BCUT2D eigenvalue weighted by molar-refractivity contribution is 5.56. The van der Waals surface area contributed by atoms with E-state index in [1.54, 1.807) is 7.11 Å². The molecular formula is C14H18N2O. The third-order valence-electron chi connectivity index (χ3n) is 3.44. The van der Waals surface area contributed by atoms with Gasteiger partial charge in [0.2, 0.25) is 0 Å². The zero-order valence-electron chi connectivity index (χ0n) is 10.4. The van der Waals surface area contributed by atoms with Gasteiger partial charge in [-0.25, -0.2) is 0 Å². The SMILES string of the molecule is COC1CCN(c2ccc(C#N)cc2C)CC1. The summed E-state index contributed by atoms with van der Waals surface area (Å²) in [6.45, 7) is 4.13. The predicted octanol–water partition coefficient (Wildman–Crippen LogP) is 2.48. The molecule has 1 heterocycles. The maximum absolute atomic E-state index is 8.85. The van der Waals surface area contributed by atoms with Crippen molar-refractivity contribution in [2.75, 3.05) is 25.1 Å². The van der Waals surface area contributed by atoms with Gasteiger partial charge in [-0.1, -0.05) is 0 Å². The summed E-state index contributed by atoms with van der Waals surface area (Å²) >= 11 is 0. The predicted molar refractivity (Wildman–Crippen MR) is 68.1 cm³/mol. The van der Waals surface area contributed by atoms with Crippen LogP contribution >= 0.6 is 0 Å². The van der Waals surface area contributed by atoms with Crippen molar-refractivity contribution in [3.8, 4) is 6.07 Å². The van der Waals surface area contributed by atoms with E-state index in [4.69, 9.17) is 10.00 Å². The Hall–Kier alpha value is -1.53. The second kappa shape index (κ2) is 5.20. The highest BCUT2D eigenvalue weighted by atomic mass is 16.5. The highest BCUT2D eigenvalue weighted by Crippen LogP contribution is 2.25. The van der Waals surface area contributed by atoms with Crippen LogP contribution in [0.15, 0.2) is 18.2 Å². The molecule has 3 heteroatoms. The number of benzene rings is 1. The van der Waals surface area contributed by atoms with Crippen LogP contribution in [0.3, 0.4) is 0 Å². The van der Waals surface area contributed by atoms with Crippen molar-refractivity contribution in [3.05, 3.63) is 29.3 Å². The minimum Gasteiger partial charge on any atom is -0.381 e. The number of piperidine rings is 1. The van der Waals surface area contributed by atoms with Crippen molar-refractivity contribution in [3.63, 3.8) is 0 Å². The highest BCUT2D eigenvalue weighted by Gasteiger charge is 2.19. The minimum atomic E-state index is 0.407. The first kappa shape index (κ1) is 11.9. The number of aryl methyl sites for hydroxylation is 1. The van der Waals surface area contributed by atoms with E-state index in [0.29, 0.717) is 6.10 Å². The average Bonchev–Trinajstić information content (AvgIpc) is 2.39. The molecule has 2 rings (SSSR count). The Morgan fingerprint density at radius 2 is 2.06 bits per heavy atom. The van der Waals surface area contributed by atoms with E-state index in [1.165, 1.54) is 11.3 Å². The molecule has 90 valence electrons. The number of anilines is 1. The van der Waals surface area contributed by atoms with E-state index in [1.807, 2.05) is 12.1 Å². The third kappa shape index (κ3) is 2.59. The fourth-order valence-electron chi connectivity index (χ4n) is 2.41. The quantitative estimate of drug-likeness (QED) is 0.783. The van der Waals surface area contributed by atoms with E-state index in [-0.39, 0.29) is 0 Å². The molecule has 0 aromatic heterocycles. The van der Waals surface area contributed by atoms with E-state index in [0.717, 1.165) is 31.5 Å². The van der Waals surface area contributed by atoms with Crippen LogP contribution in [-0.2, 0) is 4.74 Å². The van der Waals surface area contributed by atoms with Crippen LogP contribution in [0.4, 0.5) is 5.69 Å². The van der Waals surface area contributed by atoms with Crippen LogP contribution in [0, 0.1) is 18.3 Å². The van der Waals surface area contributed by atoms with Gasteiger partial charge in [-0.05, 0) is 43.5 Å². The van der Waals surface area contributed by atoms with Crippen molar-refractivity contribution in [1.82, 2.24) is 0 Å². The van der Waals surface area contributed by atoms with E-state index in [9.17, 15) is 0 Å². The minimum absolute atomic E-state index is 0.407. The molecule has 1 aromatic carbocycles. The molecule has 0 aliphatic carbocycles. The molecule has 1 aromatic rings. The van der Waals surface area contributed by atoms with Gasteiger partial charge in [-0.15, -0.1) is 0 Å². The molecule has 1 fully saturated rings. The van der Waals surface area contributed by atoms with E-state index < -0.39 is 0 Å². The second-order valence-corrected chi connectivity index (χ2v) is 4.54. The Bertz CT molecular complexity index is 428. The number of nitriles is 1. The van der Waals surface area contributed by atoms with Gasteiger partial charge in [0.1, 0.15) is 0 Å². The maximum Gasteiger partial charge on any atom is 0.0991 e. The fraction of sp³-hybridized carbons (Fsp3) is 0.500. The second-order valence-electron chi connectivity index (χ2n) is 4.54. The molecule has 0 radical (unpaired) electrons. The fourth-order valence-corrected chi connectivity index (χ4v) is 2.41. The zero-order chi connectivity index (χ0) is 12.3. The standard InChI is InChI=1S/C14H18N2O/c1-11-9-12(10-15)3-4-14(11)16-7-5-13(17-2)6-8-16/h3-4,9,13H,5-8H2,1-2H3. The Kier molecular flexibility index (Phi) is 3.65. The Morgan fingerprint density at radius 3 is 2.59 bits per heavy atom. The number of hydrogen-bond acceptors (Lipinski definition) is 3. The lowest BCUT2D eigenvalue weighted by molar-refractivity contribution is 0.0819. The van der Waals surface area contributed by atoms with Crippen LogP contribution in [0.2, 0.25) is 0 Å². The average molecular weight is 230 g/mol. The number of ether oxygens (including phenoxy) is 1. The number of methoxy groups -OCH3 is 1.